The van der Waals surface area contributed by atoms with E-state index in [4.69, 9.17) is 30.8 Å². The van der Waals surface area contributed by atoms with Gasteiger partial charge in [-0.1, -0.05) is 38.5 Å². The zero-order chi connectivity index (χ0) is 21.7. The topological polar surface area (TPSA) is 34.7 Å². The van der Waals surface area contributed by atoms with Crippen molar-refractivity contribution in [1.29, 1.82) is 0 Å². The van der Waals surface area contributed by atoms with E-state index in [0.29, 0.717) is 24.2 Å². The predicted octanol–water partition coefficient (Wildman–Crippen LogP) is 6.17. The molecule has 0 radical (unpaired) electrons. The van der Waals surface area contributed by atoms with Crippen LogP contribution in [0, 0.1) is 0 Å². The molecule has 3 saturated heterocycles. The van der Waals surface area contributed by atoms with E-state index in [9.17, 15) is 0 Å². The Bertz CT molecular complexity index is 414. The van der Waals surface area contributed by atoms with Gasteiger partial charge in [-0.25, -0.2) is 0 Å². The van der Waals surface area contributed by atoms with Crippen LogP contribution in [-0.2, 0) is 13.1 Å². The van der Waals surface area contributed by atoms with Crippen LogP contribution in [0.5, 0.6) is 0 Å². The third-order valence-corrected chi connectivity index (χ3v) is 6.61. The van der Waals surface area contributed by atoms with Gasteiger partial charge in [-0.15, -0.1) is 24.2 Å². The van der Waals surface area contributed by atoms with Crippen LogP contribution >= 0.6 is 20.2 Å². The summed E-state index contributed by atoms with van der Waals surface area (Å²) in [4.78, 5) is 5.37. The van der Waals surface area contributed by atoms with Gasteiger partial charge in [-0.3, -0.25) is 0 Å². The Hall–Kier alpha value is 0.939. The number of nitrogens with zero attached hydrogens (tertiary/aromatic N) is 4. The average molecular weight is 489 g/mol. The maximum absolute atomic E-state index is 5.32. The molecule has 3 heterocycles. The van der Waals surface area contributed by atoms with Crippen molar-refractivity contribution >= 4 is 20.2 Å². The Labute approximate surface area is 194 Å². The molecule has 174 valence electrons. The summed E-state index contributed by atoms with van der Waals surface area (Å²) in [5.74, 6) is 0. The van der Waals surface area contributed by atoms with E-state index in [2.05, 4.69) is 51.3 Å². The van der Waals surface area contributed by atoms with Gasteiger partial charge in [0.05, 0.1) is 0 Å². The van der Waals surface area contributed by atoms with Crippen LogP contribution in [0.4, 0.5) is 0 Å². The maximum atomic E-state index is 5.32. The number of rotatable bonds is 0. The molecule has 0 aliphatic carbocycles. The second kappa shape index (κ2) is 11.7. The van der Waals surface area contributed by atoms with Gasteiger partial charge in [-0.2, -0.15) is 0 Å². The fourth-order valence-electron chi connectivity index (χ4n) is 4.89. The number of halogens is 2. The van der Waals surface area contributed by atoms with Crippen LogP contribution in [0.3, 0.4) is 0 Å². The van der Waals surface area contributed by atoms with Crippen molar-refractivity contribution in [2.45, 2.75) is 115 Å². The number of hydrogen-bond acceptors (Lipinski definition) is 2. The van der Waals surface area contributed by atoms with Crippen LogP contribution in [0.25, 0.3) is 10.6 Å². The Kier molecular flexibility index (Phi) is 10.6. The fourth-order valence-corrected chi connectivity index (χ4v) is 4.89. The Morgan fingerprint density at radius 1 is 0.621 bits per heavy atom. The number of hydrogen-bond donors (Lipinski definition) is 0. The van der Waals surface area contributed by atoms with Crippen LogP contribution in [0.15, 0.2) is 0 Å². The molecule has 4 unspecified atom stereocenters. The number of fused-ring (bicyclic) bond motifs is 4. The van der Waals surface area contributed by atoms with Crippen molar-refractivity contribution in [1.82, 2.24) is 9.80 Å². The monoisotopic (exact) mass is 488 g/mol. The first kappa shape index (κ1) is 26.2. The first-order chi connectivity index (χ1) is 13.5. The van der Waals surface area contributed by atoms with Crippen molar-refractivity contribution in [3.63, 3.8) is 0 Å². The molecule has 29 heavy (non-hydrogen) atoms. The van der Waals surface area contributed by atoms with Crippen LogP contribution in [-0.4, -0.2) is 71.2 Å². The van der Waals surface area contributed by atoms with Gasteiger partial charge in [0.2, 0.25) is 0 Å². The summed E-state index contributed by atoms with van der Waals surface area (Å²) >= 11 is 0.194. The third kappa shape index (κ3) is 8.77. The Morgan fingerprint density at radius 2 is 0.862 bits per heavy atom. The normalized spacial score (nSPS) is 33.2. The molecule has 0 aromatic carbocycles. The van der Waals surface area contributed by atoms with Crippen LogP contribution in [0.2, 0.25) is 0 Å². The minimum absolute atomic E-state index is 0.194. The van der Waals surface area contributed by atoms with E-state index in [1.165, 1.54) is 38.5 Å². The van der Waals surface area contributed by atoms with Gasteiger partial charge in [0.15, 0.2) is 0 Å². The molecule has 3 rings (SSSR count). The summed E-state index contributed by atoms with van der Waals surface area (Å²) in [5, 5.41) is 10.6. The van der Waals surface area contributed by atoms with Crippen molar-refractivity contribution in [2.75, 3.05) is 26.2 Å². The molecule has 3 fully saturated rings. The molecule has 3 aliphatic heterocycles. The average Bonchev–Trinajstić information content (AvgIpc) is 2.60. The SMILES string of the molecule is CC(C)(C)N1CC2CCCC(CN(C(C)(C)C)CC3CCCC(C1)[N-]3)[N-]2.[Cl][Fe][Cl]. The predicted molar refractivity (Wildman–Crippen MR) is 124 cm³/mol. The fraction of sp³-hybridized carbons (Fsp3) is 1.00. The minimum atomic E-state index is 0.194. The first-order valence-corrected chi connectivity index (χ1v) is 14.3. The quantitative estimate of drug-likeness (QED) is 0.382. The van der Waals surface area contributed by atoms with E-state index >= 15 is 0 Å². The molecule has 0 amide bonds. The summed E-state index contributed by atoms with van der Waals surface area (Å²) in [6, 6.07) is 2.03. The van der Waals surface area contributed by atoms with Crippen molar-refractivity contribution < 1.29 is 13.1 Å². The molecular weight excluding hydrogens is 447 g/mol. The van der Waals surface area contributed by atoms with Gasteiger partial charge >= 0.3 is 33.3 Å². The molecule has 4 atom stereocenters. The molecule has 4 bridgehead atoms. The van der Waals surface area contributed by atoms with Crippen molar-refractivity contribution in [3.05, 3.63) is 10.6 Å². The summed E-state index contributed by atoms with van der Waals surface area (Å²) in [5.41, 5.74) is 0.402. The van der Waals surface area contributed by atoms with Gasteiger partial charge in [-0.05, 0) is 67.7 Å². The molecule has 4 nitrogen and oxygen atoms in total. The molecular formula is C22H42Cl2FeN4-2. The van der Waals surface area contributed by atoms with Crippen LogP contribution < -0.4 is 0 Å². The summed E-state index contributed by atoms with van der Waals surface area (Å²) < 4.78 is 0. The van der Waals surface area contributed by atoms with Gasteiger partial charge in [0.25, 0.3) is 0 Å². The molecule has 0 aromatic heterocycles. The standard InChI is InChI=1S/C22H42N4.2ClH.Fe/c1-21(2,3)25-13-17-9-7-11-19(23-17)15-26(22(4,5)6)16-20-12-8-10-18(14-25)24-20;;;/h17-20H,7-16H2,1-6H3;2*1H;/q-2;;;+2/p-2. The molecule has 0 spiro atoms. The molecule has 0 aromatic rings. The summed E-state index contributed by atoms with van der Waals surface area (Å²) in [6.45, 7) is 18.6. The molecule has 7 heteroatoms. The van der Waals surface area contributed by atoms with E-state index < -0.39 is 0 Å². The van der Waals surface area contributed by atoms with Crippen molar-refractivity contribution in [3.8, 4) is 0 Å². The zero-order valence-electron chi connectivity index (χ0n) is 19.3. The Balaban J connectivity index is 0.000000941. The van der Waals surface area contributed by atoms with E-state index in [1.54, 1.807) is 0 Å². The van der Waals surface area contributed by atoms with Crippen LogP contribution in [0.1, 0.15) is 80.1 Å². The van der Waals surface area contributed by atoms with E-state index in [-0.39, 0.29) is 24.2 Å². The zero-order valence-corrected chi connectivity index (χ0v) is 21.9. The second-order valence-electron chi connectivity index (χ2n) is 11.0. The number of piperidine rings is 2. The van der Waals surface area contributed by atoms with Crippen molar-refractivity contribution in [2.24, 2.45) is 0 Å². The second-order valence-corrected chi connectivity index (χ2v) is 12.8. The molecule has 0 saturated carbocycles. The molecule has 0 N–H and O–H groups in total. The molecule has 3 aliphatic rings. The van der Waals surface area contributed by atoms with Gasteiger partial charge in [0.1, 0.15) is 0 Å². The van der Waals surface area contributed by atoms with E-state index in [1.807, 2.05) is 0 Å². The van der Waals surface area contributed by atoms with E-state index in [0.717, 1.165) is 26.2 Å². The third-order valence-electron chi connectivity index (χ3n) is 6.61. The van der Waals surface area contributed by atoms with Gasteiger partial charge in [0, 0.05) is 11.1 Å². The Morgan fingerprint density at radius 3 is 1.07 bits per heavy atom. The summed E-state index contributed by atoms with van der Waals surface area (Å²) in [6.07, 6.45) is 7.75. The summed E-state index contributed by atoms with van der Waals surface area (Å²) in [7, 11) is 9.53. The first-order valence-electron chi connectivity index (χ1n) is 11.3. The van der Waals surface area contributed by atoms with Gasteiger partial charge < -0.3 is 20.4 Å².